The smallest absolute Gasteiger partial charge is 0.344 e. The summed E-state index contributed by atoms with van der Waals surface area (Å²) in [7, 11) is 0. The first-order chi connectivity index (χ1) is 13.1. The molecule has 4 nitrogen and oxygen atoms in total. The highest BCUT2D eigenvalue weighted by Gasteiger charge is 2.09. The molecule has 0 aliphatic rings. The Morgan fingerprint density at radius 3 is 2.33 bits per heavy atom. The maximum atomic E-state index is 12.3. The van der Waals surface area contributed by atoms with Crippen molar-refractivity contribution < 1.29 is 9.21 Å². The Morgan fingerprint density at radius 2 is 1.59 bits per heavy atom. The van der Waals surface area contributed by atoms with Gasteiger partial charge in [0.2, 0.25) is 0 Å². The number of hydrogen-bond acceptors (Lipinski definition) is 3. The minimum Gasteiger partial charge on any atom is -0.422 e. The molecular weight excluding hydrogens is 338 g/mol. The molecule has 1 aromatic heterocycles. The number of carbonyl (C=O) groups is 1. The summed E-state index contributed by atoms with van der Waals surface area (Å²) in [6.07, 6.45) is 0. The zero-order chi connectivity index (χ0) is 18.8. The van der Waals surface area contributed by atoms with E-state index in [0.29, 0.717) is 22.4 Å². The van der Waals surface area contributed by atoms with Gasteiger partial charge in [-0.2, -0.15) is 0 Å². The van der Waals surface area contributed by atoms with E-state index in [1.165, 1.54) is 0 Å². The Bertz CT molecular complexity index is 1170. The fourth-order valence-corrected chi connectivity index (χ4v) is 2.90. The summed E-state index contributed by atoms with van der Waals surface area (Å²) < 4.78 is 5.38. The van der Waals surface area contributed by atoms with E-state index in [-0.39, 0.29) is 11.5 Å². The van der Waals surface area contributed by atoms with Gasteiger partial charge in [-0.25, -0.2) is 4.79 Å². The number of fused-ring (bicyclic) bond motifs is 1. The lowest BCUT2D eigenvalue weighted by Crippen LogP contribution is -2.11. The van der Waals surface area contributed by atoms with E-state index >= 15 is 0 Å². The van der Waals surface area contributed by atoms with Crippen molar-refractivity contribution in [3.63, 3.8) is 0 Å². The van der Waals surface area contributed by atoms with Crippen LogP contribution in [0.4, 0.5) is 5.69 Å². The predicted octanol–water partition coefficient (Wildman–Crippen LogP) is 5.02. The van der Waals surface area contributed by atoms with Crippen molar-refractivity contribution in [3.8, 4) is 11.1 Å². The van der Waals surface area contributed by atoms with Crippen LogP contribution in [0.1, 0.15) is 15.9 Å². The number of para-hydroxylation sites is 1. The quantitative estimate of drug-likeness (QED) is 0.525. The molecule has 0 fully saturated rings. The molecule has 0 unspecified atom stereocenters. The fourth-order valence-electron chi connectivity index (χ4n) is 2.90. The summed E-state index contributed by atoms with van der Waals surface area (Å²) in [6.45, 7) is 1.98. The molecule has 0 aliphatic heterocycles. The van der Waals surface area contributed by atoms with Crippen LogP contribution in [0.3, 0.4) is 0 Å². The van der Waals surface area contributed by atoms with Crippen LogP contribution in [-0.4, -0.2) is 5.91 Å². The van der Waals surface area contributed by atoms with Crippen LogP contribution in [0, 0.1) is 6.92 Å². The maximum Gasteiger partial charge on any atom is 0.344 e. The van der Waals surface area contributed by atoms with E-state index in [9.17, 15) is 9.59 Å². The Morgan fingerprint density at radius 1 is 0.889 bits per heavy atom. The lowest BCUT2D eigenvalue weighted by molar-refractivity contribution is 0.102. The van der Waals surface area contributed by atoms with Gasteiger partial charge in [0.25, 0.3) is 5.91 Å². The van der Waals surface area contributed by atoms with Gasteiger partial charge in [-0.05, 0) is 48.9 Å². The first kappa shape index (κ1) is 16.8. The van der Waals surface area contributed by atoms with Crippen molar-refractivity contribution in [3.05, 3.63) is 100 Å². The normalized spacial score (nSPS) is 10.7. The predicted molar refractivity (Wildman–Crippen MR) is 107 cm³/mol. The molecule has 4 aromatic rings. The molecule has 132 valence electrons. The molecule has 3 aromatic carbocycles. The van der Waals surface area contributed by atoms with Gasteiger partial charge in [-0.15, -0.1) is 0 Å². The highest BCUT2D eigenvalue weighted by molar-refractivity contribution is 6.04. The first-order valence-electron chi connectivity index (χ1n) is 8.61. The number of hydrogen-bond donors (Lipinski definition) is 1. The summed E-state index contributed by atoms with van der Waals surface area (Å²) >= 11 is 0. The van der Waals surface area contributed by atoms with Gasteiger partial charge >= 0.3 is 5.63 Å². The van der Waals surface area contributed by atoms with Crippen LogP contribution in [0.2, 0.25) is 0 Å². The molecule has 1 N–H and O–H groups in total. The van der Waals surface area contributed by atoms with Gasteiger partial charge in [-0.3, -0.25) is 4.79 Å². The molecule has 0 aliphatic carbocycles. The van der Waals surface area contributed by atoms with Gasteiger partial charge in [0, 0.05) is 16.6 Å². The average Bonchev–Trinajstić information content (AvgIpc) is 2.68. The minimum atomic E-state index is -0.384. The largest absolute Gasteiger partial charge is 0.422 e. The zero-order valence-corrected chi connectivity index (χ0v) is 14.7. The number of rotatable bonds is 3. The van der Waals surface area contributed by atoms with E-state index in [1.54, 1.807) is 42.5 Å². The second kappa shape index (κ2) is 6.92. The second-order valence-electron chi connectivity index (χ2n) is 6.38. The Kier molecular flexibility index (Phi) is 4.30. The molecule has 4 heteroatoms. The summed E-state index contributed by atoms with van der Waals surface area (Å²) in [6, 6.07) is 23.7. The van der Waals surface area contributed by atoms with Crippen LogP contribution < -0.4 is 10.9 Å². The van der Waals surface area contributed by atoms with Gasteiger partial charge in [0.1, 0.15) is 5.58 Å². The second-order valence-corrected chi connectivity index (χ2v) is 6.38. The van der Waals surface area contributed by atoms with Crippen LogP contribution in [-0.2, 0) is 0 Å². The third-order valence-electron chi connectivity index (χ3n) is 4.41. The fraction of sp³-hybridized carbons (Fsp3) is 0.0435. The molecule has 0 bridgehead atoms. The van der Waals surface area contributed by atoms with E-state index in [4.69, 9.17) is 4.42 Å². The van der Waals surface area contributed by atoms with Crippen molar-refractivity contribution in [2.24, 2.45) is 0 Å². The lowest BCUT2D eigenvalue weighted by Gasteiger charge is -2.07. The topological polar surface area (TPSA) is 59.3 Å². The Balaban J connectivity index is 1.59. The number of benzene rings is 3. The molecular formula is C23H17NO3. The summed E-state index contributed by atoms with van der Waals surface area (Å²) in [4.78, 5) is 24.6. The molecule has 1 amide bonds. The van der Waals surface area contributed by atoms with Gasteiger partial charge in [0.15, 0.2) is 0 Å². The molecule has 0 spiro atoms. The van der Waals surface area contributed by atoms with Crippen LogP contribution in [0.25, 0.3) is 22.1 Å². The van der Waals surface area contributed by atoms with Gasteiger partial charge in [0.05, 0.1) is 5.56 Å². The molecule has 0 atom stereocenters. The van der Waals surface area contributed by atoms with Crippen molar-refractivity contribution in [1.29, 1.82) is 0 Å². The van der Waals surface area contributed by atoms with Crippen molar-refractivity contribution in [1.82, 2.24) is 0 Å². The third kappa shape index (κ3) is 3.51. The van der Waals surface area contributed by atoms with Gasteiger partial charge < -0.3 is 9.73 Å². The van der Waals surface area contributed by atoms with Gasteiger partial charge in [-0.1, -0.05) is 48.0 Å². The maximum absolute atomic E-state index is 12.3. The Hall–Kier alpha value is -3.66. The van der Waals surface area contributed by atoms with E-state index in [0.717, 1.165) is 16.5 Å². The third-order valence-corrected chi connectivity index (χ3v) is 4.41. The van der Waals surface area contributed by atoms with E-state index < -0.39 is 0 Å². The standard InChI is InChI=1S/C23H17NO3/c1-15-6-8-17(9-7-15)22(25)24-19-12-10-16(11-13-19)20-14-18-4-2-3-5-21(18)27-23(20)26/h2-14H,1H3,(H,24,25). The Labute approximate surface area is 156 Å². The number of aryl methyl sites for hydroxylation is 1. The zero-order valence-electron chi connectivity index (χ0n) is 14.7. The molecule has 27 heavy (non-hydrogen) atoms. The number of amides is 1. The minimum absolute atomic E-state index is 0.173. The molecule has 1 heterocycles. The number of anilines is 1. The molecule has 0 saturated carbocycles. The number of nitrogens with one attached hydrogen (secondary N) is 1. The van der Waals surface area contributed by atoms with E-state index in [2.05, 4.69) is 5.32 Å². The number of carbonyl (C=O) groups excluding carboxylic acids is 1. The summed E-state index contributed by atoms with van der Waals surface area (Å²) in [5, 5.41) is 3.72. The lowest BCUT2D eigenvalue weighted by atomic mass is 10.1. The van der Waals surface area contributed by atoms with Crippen LogP contribution in [0.15, 0.2) is 88.1 Å². The molecule has 0 radical (unpaired) electrons. The summed E-state index contributed by atoms with van der Waals surface area (Å²) in [5.41, 5.74) is 3.77. The monoisotopic (exact) mass is 355 g/mol. The molecule has 4 rings (SSSR count). The summed E-state index contributed by atoms with van der Waals surface area (Å²) in [5.74, 6) is -0.173. The highest BCUT2D eigenvalue weighted by atomic mass is 16.4. The SMILES string of the molecule is Cc1ccc(C(=O)Nc2ccc(-c3cc4ccccc4oc3=O)cc2)cc1. The first-order valence-corrected chi connectivity index (χ1v) is 8.61. The van der Waals surface area contributed by atoms with Crippen molar-refractivity contribution in [2.75, 3.05) is 5.32 Å². The molecule has 0 saturated heterocycles. The van der Waals surface area contributed by atoms with Crippen molar-refractivity contribution >= 4 is 22.6 Å². The van der Waals surface area contributed by atoms with E-state index in [1.807, 2.05) is 43.3 Å². The van der Waals surface area contributed by atoms with Crippen molar-refractivity contribution in [2.45, 2.75) is 6.92 Å². The average molecular weight is 355 g/mol. The van der Waals surface area contributed by atoms with Crippen LogP contribution >= 0.6 is 0 Å². The van der Waals surface area contributed by atoms with Crippen LogP contribution in [0.5, 0.6) is 0 Å². The highest BCUT2D eigenvalue weighted by Crippen LogP contribution is 2.22.